The molecule has 0 aliphatic carbocycles. The van der Waals surface area contributed by atoms with Crippen LogP contribution in [-0.4, -0.2) is 43.1 Å². The zero-order valence-corrected chi connectivity index (χ0v) is 12.4. The molecule has 0 aromatic heterocycles. The maximum absolute atomic E-state index is 11.7. The van der Waals surface area contributed by atoms with Crippen molar-refractivity contribution < 1.29 is 14.3 Å². The van der Waals surface area contributed by atoms with E-state index in [0.717, 1.165) is 24.1 Å². The first kappa shape index (κ1) is 15.2. The summed E-state index contributed by atoms with van der Waals surface area (Å²) in [5.41, 5.74) is 7.64. The average Bonchev–Trinajstić information content (AvgIpc) is 2.49. The van der Waals surface area contributed by atoms with Crippen molar-refractivity contribution in [1.29, 1.82) is 0 Å². The summed E-state index contributed by atoms with van der Waals surface area (Å²) < 4.78 is 4.78. The largest absolute Gasteiger partial charge is 0.465 e. The number of likely N-dealkylation sites (tertiary alicyclic amines) is 1. The number of urea groups is 1. The molecule has 1 aromatic carbocycles. The number of carbonyl (C=O) groups is 2. The third kappa shape index (κ3) is 3.45. The smallest absolute Gasteiger partial charge is 0.338 e. The van der Waals surface area contributed by atoms with Gasteiger partial charge in [0.05, 0.1) is 12.7 Å². The number of esters is 1. The number of anilines is 1. The van der Waals surface area contributed by atoms with Gasteiger partial charge in [-0.3, -0.25) is 0 Å². The summed E-state index contributed by atoms with van der Waals surface area (Å²) in [7, 11) is 1.38. The minimum absolute atomic E-state index is 0.271. The molecule has 1 fully saturated rings. The van der Waals surface area contributed by atoms with E-state index in [0.29, 0.717) is 18.7 Å². The number of ether oxygens (including phenoxy) is 1. The number of methoxy groups -OCH3 is 1. The Balaban J connectivity index is 2.04. The highest BCUT2D eigenvalue weighted by molar-refractivity contribution is 5.92. The van der Waals surface area contributed by atoms with Gasteiger partial charge in [-0.2, -0.15) is 0 Å². The molecule has 1 aromatic rings. The van der Waals surface area contributed by atoms with Crippen LogP contribution < -0.4 is 11.1 Å². The lowest BCUT2D eigenvalue weighted by atomic mass is 10.0. The topological polar surface area (TPSA) is 84.7 Å². The fourth-order valence-corrected chi connectivity index (χ4v) is 2.59. The lowest BCUT2D eigenvalue weighted by molar-refractivity contribution is 0.0600. The van der Waals surface area contributed by atoms with E-state index in [1.54, 1.807) is 11.0 Å². The van der Waals surface area contributed by atoms with Crippen LogP contribution in [0.15, 0.2) is 18.2 Å². The van der Waals surface area contributed by atoms with Gasteiger partial charge in [0, 0.05) is 24.8 Å². The van der Waals surface area contributed by atoms with Gasteiger partial charge in [-0.1, -0.05) is 6.07 Å². The van der Waals surface area contributed by atoms with Gasteiger partial charge in [0.25, 0.3) is 0 Å². The number of nitrogens with two attached hydrogens (primary N) is 1. The Morgan fingerprint density at radius 3 is 2.57 bits per heavy atom. The van der Waals surface area contributed by atoms with Crippen molar-refractivity contribution in [3.63, 3.8) is 0 Å². The van der Waals surface area contributed by atoms with E-state index in [1.807, 2.05) is 19.1 Å². The molecule has 1 heterocycles. The molecule has 0 unspecified atom stereocenters. The fourth-order valence-electron chi connectivity index (χ4n) is 2.59. The zero-order valence-electron chi connectivity index (χ0n) is 12.4. The second-order valence-corrected chi connectivity index (χ2v) is 5.21. The Morgan fingerprint density at radius 1 is 1.33 bits per heavy atom. The number of rotatable bonds is 3. The minimum Gasteiger partial charge on any atom is -0.465 e. The molecule has 2 amide bonds. The van der Waals surface area contributed by atoms with Crippen LogP contribution in [0.1, 0.15) is 28.8 Å². The molecule has 3 N–H and O–H groups in total. The molecule has 1 aliphatic heterocycles. The molecule has 0 bridgehead atoms. The molecule has 6 heteroatoms. The third-order valence-corrected chi connectivity index (χ3v) is 3.91. The van der Waals surface area contributed by atoms with E-state index in [9.17, 15) is 9.59 Å². The first-order chi connectivity index (χ1) is 10.0. The van der Waals surface area contributed by atoms with Gasteiger partial charge in [0.15, 0.2) is 0 Å². The Hall–Kier alpha value is -2.24. The Morgan fingerprint density at radius 2 is 2.00 bits per heavy atom. The zero-order chi connectivity index (χ0) is 15.4. The van der Waals surface area contributed by atoms with Gasteiger partial charge < -0.3 is 20.7 Å². The minimum atomic E-state index is -0.364. The van der Waals surface area contributed by atoms with E-state index in [4.69, 9.17) is 10.5 Å². The molecule has 2 rings (SSSR count). The maximum Gasteiger partial charge on any atom is 0.338 e. The highest BCUT2D eigenvalue weighted by Gasteiger charge is 2.22. The summed E-state index contributed by atoms with van der Waals surface area (Å²) in [6.07, 6.45) is 1.68. The molecule has 0 atom stereocenters. The predicted octanol–water partition coefficient (Wildman–Crippen LogP) is 1.74. The van der Waals surface area contributed by atoms with Gasteiger partial charge >= 0.3 is 12.0 Å². The van der Waals surface area contributed by atoms with E-state index >= 15 is 0 Å². The normalized spacial score (nSPS) is 15.6. The molecular weight excluding hydrogens is 270 g/mol. The molecule has 6 nitrogen and oxygen atoms in total. The highest BCUT2D eigenvalue weighted by atomic mass is 16.5. The molecule has 1 aliphatic rings. The lowest BCUT2D eigenvalue weighted by Gasteiger charge is -2.32. The molecule has 0 radical (unpaired) electrons. The summed E-state index contributed by atoms with van der Waals surface area (Å²) in [6.45, 7) is 3.21. The lowest BCUT2D eigenvalue weighted by Crippen LogP contribution is -2.44. The van der Waals surface area contributed by atoms with Crippen molar-refractivity contribution >= 4 is 17.7 Å². The van der Waals surface area contributed by atoms with Gasteiger partial charge in [-0.05, 0) is 37.5 Å². The van der Waals surface area contributed by atoms with Crippen molar-refractivity contribution in [3.8, 4) is 0 Å². The van der Waals surface area contributed by atoms with Crippen LogP contribution in [-0.2, 0) is 4.74 Å². The van der Waals surface area contributed by atoms with Crippen LogP contribution in [0.4, 0.5) is 10.5 Å². The number of hydrogen-bond acceptors (Lipinski definition) is 4. The first-order valence-corrected chi connectivity index (χ1v) is 7.01. The molecular formula is C15H21N3O3. The SMILES string of the molecule is COC(=O)c1cccc(NC2CCN(C(N)=O)CC2)c1C. The number of amides is 2. The summed E-state index contributed by atoms with van der Waals surface area (Å²) in [6, 6.07) is 5.44. The van der Waals surface area contributed by atoms with Crippen LogP contribution in [0, 0.1) is 6.92 Å². The monoisotopic (exact) mass is 291 g/mol. The molecule has 1 saturated heterocycles. The van der Waals surface area contributed by atoms with Crippen LogP contribution >= 0.6 is 0 Å². The molecule has 21 heavy (non-hydrogen) atoms. The predicted molar refractivity (Wildman–Crippen MR) is 80.3 cm³/mol. The number of piperidine rings is 1. The number of hydrogen-bond donors (Lipinski definition) is 2. The van der Waals surface area contributed by atoms with Crippen LogP contribution in [0.5, 0.6) is 0 Å². The number of nitrogens with zero attached hydrogens (tertiary/aromatic N) is 1. The highest BCUT2D eigenvalue weighted by Crippen LogP contribution is 2.23. The number of nitrogens with one attached hydrogen (secondary N) is 1. The van der Waals surface area contributed by atoms with E-state index < -0.39 is 0 Å². The van der Waals surface area contributed by atoms with Crippen LogP contribution in [0.25, 0.3) is 0 Å². The standard InChI is InChI=1S/C15H21N3O3/c1-10-12(14(19)21-2)4-3-5-13(10)17-11-6-8-18(9-7-11)15(16)20/h3-5,11,17H,6-9H2,1-2H3,(H2,16,20). The second-order valence-electron chi connectivity index (χ2n) is 5.21. The molecule has 0 spiro atoms. The van der Waals surface area contributed by atoms with Crippen molar-refractivity contribution in [1.82, 2.24) is 4.90 Å². The number of benzene rings is 1. The van der Waals surface area contributed by atoms with Crippen molar-refractivity contribution in [2.45, 2.75) is 25.8 Å². The van der Waals surface area contributed by atoms with E-state index in [2.05, 4.69) is 5.32 Å². The fraction of sp³-hybridized carbons (Fsp3) is 0.467. The first-order valence-electron chi connectivity index (χ1n) is 7.01. The maximum atomic E-state index is 11.7. The quantitative estimate of drug-likeness (QED) is 0.831. The van der Waals surface area contributed by atoms with Crippen molar-refractivity contribution in [3.05, 3.63) is 29.3 Å². The van der Waals surface area contributed by atoms with Gasteiger partial charge in [-0.25, -0.2) is 9.59 Å². The Bertz CT molecular complexity index is 537. The van der Waals surface area contributed by atoms with E-state index in [-0.39, 0.29) is 18.0 Å². The summed E-state index contributed by atoms with van der Waals surface area (Å²) >= 11 is 0. The van der Waals surface area contributed by atoms with Crippen molar-refractivity contribution in [2.24, 2.45) is 5.73 Å². The van der Waals surface area contributed by atoms with Crippen molar-refractivity contribution in [2.75, 3.05) is 25.5 Å². The van der Waals surface area contributed by atoms with Gasteiger partial charge in [0.1, 0.15) is 0 Å². The Labute approximate surface area is 124 Å². The summed E-state index contributed by atoms with van der Waals surface area (Å²) in [4.78, 5) is 24.4. The summed E-state index contributed by atoms with van der Waals surface area (Å²) in [5.74, 6) is -0.334. The van der Waals surface area contributed by atoms with Gasteiger partial charge in [0.2, 0.25) is 0 Å². The third-order valence-electron chi connectivity index (χ3n) is 3.91. The molecule has 0 saturated carbocycles. The van der Waals surface area contributed by atoms with Crippen LogP contribution in [0.3, 0.4) is 0 Å². The average molecular weight is 291 g/mol. The number of carbonyl (C=O) groups excluding carboxylic acids is 2. The number of primary amides is 1. The summed E-state index contributed by atoms with van der Waals surface area (Å²) in [5, 5.41) is 3.44. The van der Waals surface area contributed by atoms with Gasteiger partial charge in [-0.15, -0.1) is 0 Å². The van der Waals surface area contributed by atoms with E-state index in [1.165, 1.54) is 7.11 Å². The second kappa shape index (κ2) is 6.47. The van der Waals surface area contributed by atoms with Crippen LogP contribution in [0.2, 0.25) is 0 Å². The molecule has 114 valence electrons. The Kier molecular flexibility index (Phi) is 4.67.